The Morgan fingerprint density at radius 2 is 2.00 bits per heavy atom. The number of hydrogen-bond acceptors (Lipinski definition) is 2. The first-order valence-corrected chi connectivity index (χ1v) is 4.33. The van der Waals surface area contributed by atoms with E-state index in [2.05, 4.69) is 4.98 Å². The van der Waals surface area contributed by atoms with Crippen LogP contribution in [0.1, 0.15) is 5.56 Å². The highest BCUT2D eigenvalue weighted by Crippen LogP contribution is 2.15. The maximum atomic E-state index is 5.73. The Morgan fingerprint density at radius 3 is 2.73 bits per heavy atom. The highest BCUT2D eigenvalue weighted by Gasteiger charge is 2.10. The summed E-state index contributed by atoms with van der Waals surface area (Å²) in [7, 11) is 1.56. The molecule has 0 unspecified atom stereocenters. The molecule has 2 rings (SSSR count). The van der Waals surface area contributed by atoms with Crippen molar-refractivity contribution < 1.29 is 22.6 Å². The van der Waals surface area contributed by atoms with Crippen molar-refractivity contribution in [2.24, 2.45) is 0 Å². The summed E-state index contributed by atoms with van der Waals surface area (Å²) >= 11 is 0. The summed E-state index contributed by atoms with van der Waals surface area (Å²) in [5.41, 5.74) is 1.81. The molecule has 1 heterocycles. The predicted molar refractivity (Wildman–Crippen MR) is 54.8 cm³/mol. The van der Waals surface area contributed by atoms with Crippen molar-refractivity contribution in [1.29, 1.82) is 0 Å². The lowest BCUT2D eigenvalue weighted by Gasteiger charge is -2.01. The van der Waals surface area contributed by atoms with Gasteiger partial charge in [0, 0.05) is 11.6 Å². The number of fused-ring (bicyclic) bond motifs is 1. The maximum absolute atomic E-state index is 5.73. The van der Waals surface area contributed by atoms with Gasteiger partial charge in [0.15, 0.2) is 0 Å². The number of halogens is 1. The van der Waals surface area contributed by atoms with E-state index in [1.165, 1.54) is 0 Å². The normalized spacial score (nSPS) is 9.40. The van der Waals surface area contributed by atoms with Crippen molar-refractivity contribution in [2.75, 3.05) is 7.11 Å². The maximum Gasteiger partial charge on any atom is 0.367 e. The fraction of sp³-hybridized carbons (Fsp3) is 0.0909. The van der Waals surface area contributed by atoms with E-state index >= 15 is 0 Å². The van der Waals surface area contributed by atoms with Gasteiger partial charge in [0.25, 0.3) is 0 Å². The second kappa shape index (κ2) is 4.75. The third-order valence-electron chi connectivity index (χ3n) is 2.13. The van der Waals surface area contributed by atoms with Crippen LogP contribution in [-0.4, -0.2) is 18.0 Å². The lowest BCUT2D eigenvalue weighted by atomic mass is 10.1. The summed E-state index contributed by atoms with van der Waals surface area (Å²) in [4.78, 5) is 4.23. The van der Waals surface area contributed by atoms with E-state index < -0.39 is 0 Å². The van der Waals surface area contributed by atoms with Crippen molar-refractivity contribution in [1.82, 2.24) is 4.98 Å². The first-order valence-electron chi connectivity index (χ1n) is 4.33. The van der Waals surface area contributed by atoms with Crippen LogP contribution in [0.3, 0.4) is 0 Å². The second-order valence-corrected chi connectivity index (χ2v) is 2.94. The molecule has 0 atom stereocenters. The number of benzene rings is 1. The molecule has 3 nitrogen and oxygen atoms in total. The molecule has 2 N–H and O–H groups in total. The zero-order chi connectivity index (χ0) is 9.97. The Morgan fingerprint density at radius 1 is 1.27 bits per heavy atom. The first kappa shape index (κ1) is 11.5. The molecule has 0 fully saturated rings. The van der Waals surface area contributed by atoms with E-state index in [-0.39, 0.29) is 12.4 Å². The number of aromatic nitrogens is 1. The standard InChI is InChI=1S/C11H10N2O.ClH/c1-14-11(12)9-6-7-13-10-5-3-2-4-8(9)10;/h2-7,12H,1H3;1H. The van der Waals surface area contributed by atoms with Crippen LogP contribution in [0.5, 0.6) is 0 Å². The van der Waals surface area contributed by atoms with Crippen molar-refractivity contribution in [3.05, 3.63) is 42.1 Å². The number of nitrogens with two attached hydrogens (primary N) is 1. The molecule has 0 aliphatic rings. The van der Waals surface area contributed by atoms with Gasteiger partial charge >= 0.3 is 5.90 Å². The lowest BCUT2D eigenvalue weighted by Crippen LogP contribution is -3.00. The largest absolute Gasteiger partial charge is 1.00 e. The van der Waals surface area contributed by atoms with Crippen LogP contribution in [0.4, 0.5) is 0 Å². The van der Waals surface area contributed by atoms with Gasteiger partial charge in [-0.2, -0.15) is 0 Å². The quantitative estimate of drug-likeness (QED) is 0.425. The Kier molecular flexibility index (Phi) is 3.63. The Labute approximate surface area is 94.0 Å². The van der Waals surface area contributed by atoms with Gasteiger partial charge in [-0.15, -0.1) is 0 Å². The molecule has 0 bridgehead atoms. The molecule has 2 aromatic rings. The van der Waals surface area contributed by atoms with Crippen molar-refractivity contribution in [2.45, 2.75) is 0 Å². The van der Waals surface area contributed by atoms with Gasteiger partial charge in [0.1, 0.15) is 0 Å². The van der Waals surface area contributed by atoms with Crippen LogP contribution in [0, 0.1) is 0 Å². The van der Waals surface area contributed by atoms with Crippen LogP contribution in [-0.2, 0) is 4.74 Å². The van der Waals surface area contributed by atoms with E-state index in [0.717, 1.165) is 16.5 Å². The van der Waals surface area contributed by atoms with Gasteiger partial charge in [0.05, 0.1) is 18.2 Å². The predicted octanol–water partition coefficient (Wildman–Crippen LogP) is -2.61. The summed E-state index contributed by atoms with van der Waals surface area (Å²) < 4.78 is 5.01. The fourth-order valence-corrected chi connectivity index (χ4v) is 1.42. The molecule has 0 amide bonds. The van der Waals surface area contributed by atoms with Gasteiger partial charge in [-0.1, -0.05) is 18.2 Å². The molecule has 0 radical (unpaired) electrons. The number of rotatable bonds is 1. The summed E-state index contributed by atoms with van der Waals surface area (Å²) in [6, 6.07) is 9.67. The van der Waals surface area contributed by atoms with Crippen LogP contribution in [0.25, 0.3) is 10.9 Å². The zero-order valence-electron chi connectivity index (χ0n) is 8.27. The van der Waals surface area contributed by atoms with E-state index in [1.807, 2.05) is 30.3 Å². The SMILES string of the molecule is COC(=[NH2+])c1ccnc2ccccc12.[Cl-]. The molecule has 4 heteroatoms. The van der Waals surface area contributed by atoms with E-state index in [0.29, 0.717) is 5.90 Å². The minimum absolute atomic E-state index is 0. The van der Waals surface area contributed by atoms with E-state index in [9.17, 15) is 0 Å². The molecule has 78 valence electrons. The molecule has 0 saturated heterocycles. The first-order chi connectivity index (χ1) is 6.83. The minimum Gasteiger partial charge on any atom is -1.00 e. The molecular weight excluding hydrogens is 212 g/mol. The number of para-hydroxylation sites is 1. The monoisotopic (exact) mass is 222 g/mol. The van der Waals surface area contributed by atoms with Crippen LogP contribution >= 0.6 is 0 Å². The molecule has 0 aliphatic carbocycles. The molecule has 0 saturated carbocycles. The van der Waals surface area contributed by atoms with E-state index in [1.54, 1.807) is 13.3 Å². The van der Waals surface area contributed by atoms with E-state index in [4.69, 9.17) is 10.1 Å². The number of hydrogen-bond donors (Lipinski definition) is 1. The number of ether oxygens (including phenoxy) is 1. The smallest absolute Gasteiger partial charge is 0.367 e. The minimum atomic E-state index is 0. The van der Waals surface area contributed by atoms with Gasteiger partial charge in [-0.3, -0.25) is 4.98 Å². The number of nitrogens with zero attached hydrogens (tertiary/aromatic N) is 1. The van der Waals surface area contributed by atoms with Crippen LogP contribution in [0.2, 0.25) is 0 Å². The summed E-state index contributed by atoms with van der Waals surface area (Å²) in [6.07, 6.45) is 1.73. The van der Waals surface area contributed by atoms with Gasteiger partial charge in [-0.05, 0) is 12.1 Å². The molecule has 1 aromatic carbocycles. The molecule has 1 aromatic heterocycles. The summed E-state index contributed by atoms with van der Waals surface area (Å²) in [6.45, 7) is 0. The van der Waals surface area contributed by atoms with Crippen molar-refractivity contribution in [3.63, 3.8) is 0 Å². The molecular formula is C11H11ClN2O. The Balaban J connectivity index is 0.00000112. The van der Waals surface area contributed by atoms with Crippen LogP contribution < -0.4 is 17.8 Å². The van der Waals surface area contributed by atoms with Gasteiger partial charge in [0.2, 0.25) is 0 Å². The lowest BCUT2D eigenvalue weighted by molar-refractivity contribution is -0.135. The Bertz CT molecular complexity index is 479. The van der Waals surface area contributed by atoms with Crippen LogP contribution in [0.15, 0.2) is 36.5 Å². The van der Waals surface area contributed by atoms with Gasteiger partial charge < -0.3 is 17.1 Å². The average Bonchev–Trinajstić information content (AvgIpc) is 2.27. The second-order valence-electron chi connectivity index (χ2n) is 2.94. The van der Waals surface area contributed by atoms with Crippen molar-refractivity contribution in [3.8, 4) is 0 Å². The topological polar surface area (TPSA) is 47.7 Å². The van der Waals surface area contributed by atoms with Crippen molar-refractivity contribution >= 4 is 16.8 Å². The number of methoxy groups -OCH3 is 1. The molecule has 15 heavy (non-hydrogen) atoms. The highest BCUT2D eigenvalue weighted by atomic mass is 35.5. The molecule has 0 aliphatic heterocycles. The third kappa shape index (κ3) is 2.07. The molecule has 0 spiro atoms. The average molecular weight is 223 g/mol. The third-order valence-corrected chi connectivity index (χ3v) is 2.13. The highest BCUT2D eigenvalue weighted by molar-refractivity contribution is 6.02. The Hall–Kier alpha value is -1.61. The van der Waals surface area contributed by atoms with Gasteiger partial charge in [-0.25, -0.2) is 5.41 Å². The zero-order valence-corrected chi connectivity index (χ0v) is 9.03. The summed E-state index contributed by atoms with van der Waals surface area (Å²) in [5.74, 6) is 0.420. The fourth-order valence-electron chi connectivity index (χ4n) is 1.42. The summed E-state index contributed by atoms with van der Waals surface area (Å²) in [5, 5.41) is 6.74. The number of pyridine rings is 1.